The molecule has 2 heterocycles. The standard InChI is InChI=1S/C16H17N3O3/c20-15-11-3-1-2-4-12(11)18-16(19-15)17-8-10-5-6-13-14(7-10)22-9-21-13/h5-7H,1-4,8-9H2,(H2,17,18,19,20). The number of aromatic amines is 1. The molecule has 2 N–H and O–H groups in total. The van der Waals surface area contributed by atoms with Gasteiger partial charge < -0.3 is 14.8 Å². The highest BCUT2D eigenvalue weighted by atomic mass is 16.7. The van der Waals surface area contributed by atoms with Crippen molar-refractivity contribution in [2.45, 2.75) is 32.2 Å². The lowest BCUT2D eigenvalue weighted by Gasteiger charge is -2.15. The van der Waals surface area contributed by atoms with Gasteiger partial charge in [0.05, 0.1) is 5.69 Å². The number of anilines is 1. The van der Waals surface area contributed by atoms with Gasteiger partial charge in [0.25, 0.3) is 5.56 Å². The minimum absolute atomic E-state index is 0.0158. The van der Waals surface area contributed by atoms with Gasteiger partial charge >= 0.3 is 0 Å². The molecule has 0 atom stereocenters. The molecule has 1 aliphatic heterocycles. The second-order valence-corrected chi connectivity index (χ2v) is 5.59. The molecular formula is C16H17N3O3. The molecule has 1 aromatic carbocycles. The van der Waals surface area contributed by atoms with E-state index in [4.69, 9.17) is 9.47 Å². The third-order valence-electron chi connectivity index (χ3n) is 4.09. The molecule has 0 saturated carbocycles. The Bertz CT molecular complexity index is 770. The lowest BCUT2D eigenvalue weighted by atomic mass is 9.97. The minimum atomic E-state index is -0.0158. The molecule has 2 aliphatic rings. The van der Waals surface area contributed by atoms with Crippen molar-refractivity contribution >= 4 is 5.95 Å². The number of ether oxygens (including phenoxy) is 2. The predicted octanol–water partition coefficient (Wildman–Crippen LogP) is 1.99. The summed E-state index contributed by atoms with van der Waals surface area (Å²) in [5.74, 6) is 2.05. The van der Waals surface area contributed by atoms with Crippen LogP contribution in [0.5, 0.6) is 11.5 Å². The Morgan fingerprint density at radius 3 is 3.00 bits per heavy atom. The normalized spacial score (nSPS) is 15.5. The van der Waals surface area contributed by atoms with Crippen molar-refractivity contribution < 1.29 is 9.47 Å². The maximum atomic E-state index is 12.1. The van der Waals surface area contributed by atoms with Crippen molar-refractivity contribution in [3.05, 3.63) is 45.4 Å². The van der Waals surface area contributed by atoms with Crippen LogP contribution in [0.1, 0.15) is 29.7 Å². The van der Waals surface area contributed by atoms with E-state index in [1.165, 1.54) is 0 Å². The fourth-order valence-corrected chi connectivity index (χ4v) is 2.92. The maximum Gasteiger partial charge on any atom is 0.255 e. The van der Waals surface area contributed by atoms with Crippen molar-refractivity contribution in [3.8, 4) is 11.5 Å². The molecule has 0 spiro atoms. The second kappa shape index (κ2) is 5.36. The number of aromatic nitrogens is 2. The molecule has 22 heavy (non-hydrogen) atoms. The molecule has 6 nitrogen and oxygen atoms in total. The molecule has 0 bridgehead atoms. The monoisotopic (exact) mass is 299 g/mol. The Hall–Kier alpha value is -2.50. The Morgan fingerprint density at radius 1 is 1.18 bits per heavy atom. The van der Waals surface area contributed by atoms with E-state index in [-0.39, 0.29) is 12.4 Å². The predicted molar refractivity (Wildman–Crippen MR) is 81.4 cm³/mol. The average Bonchev–Trinajstić information content (AvgIpc) is 3.00. The van der Waals surface area contributed by atoms with E-state index in [9.17, 15) is 4.79 Å². The van der Waals surface area contributed by atoms with Gasteiger partial charge in [-0.2, -0.15) is 0 Å². The zero-order valence-corrected chi connectivity index (χ0v) is 12.1. The molecule has 0 saturated heterocycles. The highest BCUT2D eigenvalue weighted by Crippen LogP contribution is 2.32. The van der Waals surface area contributed by atoms with Crippen LogP contribution in [-0.4, -0.2) is 16.8 Å². The molecule has 0 fully saturated rings. The lowest BCUT2D eigenvalue weighted by molar-refractivity contribution is 0.174. The highest BCUT2D eigenvalue weighted by molar-refractivity contribution is 5.45. The Balaban J connectivity index is 1.52. The molecule has 6 heteroatoms. The van der Waals surface area contributed by atoms with Gasteiger partial charge in [-0.3, -0.25) is 9.78 Å². The SMILES string of the molecule is O=c1[nH]c(NCc2ccc3c(c2)OCO3)nc2c1CCCC2. The first-order valence-corrected chi connectivity index (χ1v) is 7.54. The number of rotatable bonds is 3. The van der Waals surface area contributed by atoms with Crippen molar-refractivity contribution in [3.63, 3.8) is 0 Å². The lowest BCUT2D eigenvalue weighted by Crippen LogP contribution is -2.22. The summed E-state index contributed by atoms with van der Waals surface area (Å²) in [5, 5.41) is 3.18. The summed E-state index contributed by atoms with van der Waals surface area (Å²) in [4.78, 5) is 19.4. The number of H-pyrrole nitrogens is 1. The number of nitrogens with one attached hydrogen (secondary N) is 2. The van der Waals surface area contributed by atoms with Crippen LogP contribution in [-0.2, 0) is 19.4 Å². The maximum absolute atomic E-state index is 12.1. The second-order valence-electron chi connectivity index (χ2n) is 5.59. The smallest absolute Gasteiger partial charge is 0.255 e. The number of hydrogen-bond acceptors (Lipinski definition) is 5. The van der Waals surface area contributed by atoms with Crippen molar-refractivity contribution in [2.75, 3.05) is 12.1 Å². The fraction of sp³-hybridized carbons (Fsp3) is 0.375. The van der Waals surface area contributed by atoms with Crippen LogP contribution in [0.4, 0.5) is 5.95 Å². The molecule has 114 valence electrons. The summed E-state index contributed by atoms with van der Waals surface area (Å²) in [5.41, 5.74) is 2.81. The third-order valence-corrected chi connectivity index (χ3v) is 4.09. The van der Waals surface area contributed by atoms with Gasteiger partial charge in [-0.1, -0.05) is 6.07 Å². The van der Waals surface area contributed by atoms with Gasteiger partial charge in [-0.25, -0.2) is 4.98 Å². The number of aryl methyl sites for hydroxylation is 1. The van der Waals surface area contributed by atoms with Crippen LogP contribution in [0, 0.1) is 0 Å². The molecule has 4 rings (SSSR count). The van der Waals surface area contributed by atoms with Crippen LogP contribution in [0.15, 0.2) is 23.0 Å². The minimum Gasteiger partial charge on any atom is -0.454 e. The molecule has 0 unspecified atom stereocenters. The zero-order chi connectivity index (χ0) is 14.9. The summed E-state index contributed by atoms with van der Waals surface area (Å²) >= 11 is 0. The summed E-state index contributed by atoms with van der Waals surface area (Å²) in [7, 11) is 0. The van der Waals surface area contributed by atoms with Gasteiger partial charge in [-0.15, -0.1) is 0 Å². The average molecular weight is 299 g/mol. The summed E-state index contributed by atoms with van der Waals surface area (Å²) in [6, 6.07) is 5.80. The van der Waals surface area contributed by atoms with Gasteiger partial charge in [0, 0.05) is 12.1 Å². The largest absolute Gasteiger partial charge is 0.454 e. The first-order chi connectivity index (χ1) is 10.8. The van der Waals surface area contributed by atoms with E-state index in [2.05, 4.69) is 15.3 Å². The summed E-state index contributed by atoms with van der Waals surface area (Å²) in [6.07, 6.45) is 3.89. The summed E-state index contributed by atoms with van der Waals surface area (Å²) in [6.45, 7) is 0.838. The number of hydrogen-bond donors (Lipinski definition) is 2. The van der Waals surface area contributed by atoms with Crippen LogP contribution in [0.3, 0.4) is 0 Å². The van der Waals surface area contributed by atoms with E-state index in [1.54, 1.807) is 0 Å². The van der Waals surface area contributed by atoms with E-state index >= 15 is 0 Å². The number of nitrogens with zero attached hydrogens (tertiary/aromatic N) is 1. The Labute approximate surface area is 127 Å². The Kier molecular flexibility index (Phi) is 3.21. The molecule has 1 aliphatic carbocycles. The van der Waals surface area contributed by atoms with E-state index in [0.717, 1.165) is 54.0 Å². The van der Waals surface area contributed by atoms with E-state index in [0.29, 0.717) is 12.5 Å². The highest BCUT2D eigenvalue weighted by Gasteiger charge is 2.16. The van der Waals surface area contributed by atoms with Gasteiger partial charge in [0.2, 0.25) is 12.7 Å². The van der Waals surface area contributed by atoms with Crippen LogP contribution in [0.2, 0.25) is 0 Å². The van der Waals surface area contributed by atoms with E-state index < -0.39 is 0 Å². The number of fused-ring (bicyclic) bond motifs is 2. The van der Waals surface area contributed by atoms with Crippen molar-refractivity contribution in [1.29, 1.82) is 0 Å². The topological polar surface area (TPSA) is 76.2 Å². The first kappa shape index (κ1) is 13.2. The molecule has 1 aromatic heterocycles. The summed E-state index contributed by atoms with van der Waals surface area (Å²) < 4.78 is 10.7. The quantitative estimate of drug-likeness (QED) is 0.906. The third kappa shape index (κ3) is 2.41. The fourth-order valence-electron chi connectivity index (χ4n) is 2.92. The first-order valence-electron chi connectivity index (χ1n) is 7.54. The van der Waals surface area contributed by atoms with E-state index in [1.807, 2.05) is 18.2 Å². The molecule has 2 aromatic rings. The van der Waals surface area contributed by atoms with Crippen molar-refractivity contribution in [2.24, 2.45) is 0 Å². The number of benzene rings is 1. The molecule has 0 amide bonds. The van der Waals surface area contributed by atoms with Gasteiger partial charge in [0.15, 0.2) is 11.5 Å². The van der Waals surface area contributed by atoms with Crippen molar-refractivity contribution in [1.82, 2.24) is 9.97 Å². The zero-order valence-electron chi connectivity index (χ0n) is 12.1. The van der Waals surface area contributed by atoms with Crippen LogP contribution in [0.25, 0.3) is 0 Å². The van der Waals surface area contributed by atoms with Crippen LogP contribution < -0.4 is 20.3 Å². The van der Waals surface area contributed by atoms with Crippen LogP contribution >= 0.6 is 0 Å². The molecular weight excluding hydrogens is 282 g/mol. The molecule has 0 radical (unpaired) electrons. The van der Waals surface area contributed by atoms with Gasteiger partial charge in [0.1, 0.15) is 0 Å². The Morgan fingerprint density at radius 2 is 2.05 bits per heavy atom. The van der Waals surface area contributed by atoms with Gasteiger partial charge in [-0.05, 0) is 43.4 Å².